The highest BCUT2D eigenvalue weighted by Crippen LogP contribution is 2.29. The van der Waals surface area contributed by atoms with Crippen LogP contribution in [0.4, 0.5) is 0 Å². The number of allylic oxidation sites excluding steroid dienone is 1. The SMILES string of the molecule is CC(=O)[C@@H]1SCC(C)=C[C@H]1C. The molecule has 1 rings (SSSR count). The first-order valence-electron chi connectivity index (χ1n) is 3.90. The van der Waals surface area contributed by atoms with Gasteiger partial charge in [0.1, 0.15) is 5.78 Å². The number of hydrogen-bond acceptors (Lipinski definition) is 2. The first kappa shape index (κ1) is 8.85. The van der Waals surface area contributed by atoms with Crippen LogP contribution in [0.1, 0.15) is 20.8 Å². The van der Waals surface area contributed by atoms with Crippen LogP contribution in [0.2, 0.25) is 0 Å². The standard InChI is InChI=1S/C9H14OS/c1-6-4-7(2)9(8(3)10)11-5-6/h4,7,9H,5H2,1-3H3/t7-,9-/m1/s1. The molecule has 0 saturated heterocycles. The summed E-state index contributed by atoms with van der Waals surface area (Å²) >= 11 is 1.77. The van der Waals surface area contributed by atoms with Gasteiger partial charge in [-0.1, -0.05) is 18.6 Å². The van der Waals surface area contributed by atoms with Gasteiger partial charge in [-0.3, -0.25) is 4.79 Å². The summed E-state index contributed by atoms with van der Waals surface area (Å²) in [4.78, 5) is 11.1. The van der Waals surface area contributed by atoms with Crippen molar-refractivity contribution in [2.45, 2.75) is 26.0 Å². The second-order valence-corrected chi connectivity index (χ2v) is 4.34. The van der Waals surface area contributed by atoms with Gasteiger partial charge in [-0.05, 0) is 19.8 Å². The molecule has 1 aliphatic rings. The Hall–Kier alpha value is -0.240. The van der Waals surface area contributed by atoms with Crippen LogP contribution >= 0.6 is 11.8 Å². The van der Waals surface area contributed by atoms with Crippen LogP contribution in [0.15, 0.2) is 11.6 Å². The molecule has 0 radical (unpaired) electrons. The zero-order chi connectivity index (χ0) is 8.43. The molecule has 0 aliphatic carbocycles. The maximum Gasteiger partial charge on any atom is 0.143 e. The highest BCUT2D eigenvalue weighted by atomic mass is 32.2. The largest absolute Gasteiger partial charge is 0.299 e. The molecule has 1 aliphatic heterocycles. The Morgan fingerprint density at radius 3 is 2.82 bits per heavy atom. The monoisotopic (exact) mass is 170 g/mol. The average Bonchev–Trinajstić information content (AvgIpc) is 1.85. The fourth-order valence-electron chi connectivity index (χ4n) is 1.44. The second kappa shape index (κ2) is 3.44. The van der Waals surface area contributed by atoms with E-state index in [1.807, 2.05) is 0 Å². The Bertz CT molecular complexity index is 196. The molecule has 0 bridgehead atoms. The number of hydrogen-bond donors (Lipinski definition) is 0. The minimum absolute atomic E-state index is 0.207. The molecule has 0 N–H and O–H groups in total. The number of ketones is 1. The van der Waals surface area contributed by atoms with Gasteiger partial charge >= 0.3 is 0 Å². The van der Waals surface area contributed by atoms with E-state index in [0.717, 1.165) is 5.75 Å². The van der Waals surface area contributed by atoms with E-state index in [-0.39, 0.29) is 5.25 Å². The molecule has 0 aromatic heterocycles. The van der Waals surface area contributed by atoms with Crippen LogP contribution in [-0.2, 0) is 4.79 Å². The predicted octanol–water partition coefficient (Wildman–Crippen LogP) is 2.27. The van der Waals surface area contributed by atoms with Crippen LogP contribution < -0.4 is 0 Å². The molecular formula is C9H14OS. The lowest BCUT2D eigenvalue weighted by atomic mass is 10.0. The first-order valence-corrected chi connectivity index (χ1v) is 4.95. The van der Waals surface area contributed by atoms with Gasteiger partial charge in [-0.15, -0.1) is 11.8 Å². The van der Waals surface area contributed by atoms with E-state index >= 15 is 0 Å². The van der Waals surface area contributed by atoms with Crippen LogP contribution in [0.5, 0.6) is 0 Å². The fraction of sp³-hybridized carbons (Fsp3) is 0.667. The smallest absolute Gasteiger partial charge is 0.143 e. The van der Waals surface area contributed by atoms with Crippen molar-refractivity contribution in [2.24, 2.45) is 5.92 Å². The highest BCUT2D eigenvalue weighted by molar-refractivity contribution is 8.00. The molecule has 0 spiro atoms. The van der Waals surface area contributed by atoms with Crippen molar-refractivity contribution in [3.63, 3.8) is 0 Å². The number of carbonyl (C=O) groups is 1. The maximum atomic E-state index is 11.1. The minimum atomic E-state index is 0.207. The number of Topliss-reactive ketones (excluding diaryl/α,β-unsaturated/α-hetero) is 1. The molecule has 1 nitrogen and oxygen atoms in total. The molecule has 62 valence electrons. The van der Waals surface area contributed by atoms with Gasteiger partial charge < -0.3 is 0 Å². The number of thioether (sulfide) groups is 1. The van der Waals surface area contributed by atoms with Gasteiger partial charge in [0.15, 0.2) is 0 Å². The normalized spacial score (nSPS) is 31.4. The summed E-state index contributed by atoms with van der Waals surface area (Å²) in [6.45, 7) is 5.92. The van der Waals surface area contributed by atoms with E-state index < -0.39 is 0 Å². The van der Waals surface area contributed by atoms with Crippen LogP contribution in [-0.4, -0.2) is 16.8 Å². The Kier molecular flexibility index (Phi) is 2.77. The van der Waals surface area contributed by atoms with Crippen molar-refractivity contribution in [3.05, 3.63) is 11.6 Å². The summed E-state index contributed by atoms with van der Waals surface area (Å²) in [6.07, 6.45) is 2.21. The Morgan fingerprint density at radius 1 is 1.73 bits per heavy atom. The van der Waals surface area contributed by atoms with Gasteiger partial charge in [0.25, 0.3) is 0 Å². The number of carbonyl (C=O) groups excluding carboxylic acids is 1. The first-order chi connectivity index (χ1) is 5.11. The van der Waals surface area contributed by atoms with Crippen molar-refractivity contribution in [2.75, 3.05) is 5.75 Å². The van der Waals surface area contributed by atoms with Gasteiger partial charge in [0.05, 0.1) is 5.25 Å². The van der Waals surface area contributed by atoms with Crippen molar-refractivity contribution in [3.8, 4) is 0 Å². The van der Waals surface area contributed by atoms with Crippen LogP contribution in [0.3, 0.4) is 0 Å². The van der Waals surface area contributed by atoms with Crippen molar-refractivity contribution in [1.82, 2.24) is 0 Å². The Labute approximate surface area is 72.2 Å². The minimum Gasteiger partial charge on any atom is -0.299 e. The van der Waals surface area contributed by atoms with Gasteiger partial charge in [-0.2, -0.15) is 0 Å². The highest BCUT2D eigenvalue weighted by Gasteiger charge is 2.23. The van der Waals surface area contributed by atoms with Crippen molar-refractivity contribution in [1.29, 1.82) is 0 Å². The summed E-state index contributed by atoms with van der Waals surface area (Å²) in [5.41, 5.74) is 1.40. The molecule has 0 unspecified atom stereocenters. The maximum absolute atomic E-state index is 11.1. The predicted molar refractivity (Wildman–Crippen MR) is 49.8 cm³/mol. The molecule has 0 aromatic rings. The molecule has 0 fully saturated rings. The topological polar surface area (TPSA) is 17.1 Å². The Morgan fingerprint density at radius 2 is 2.36 bits per heavy atom. The molecule has 2 atom stereocenters. The van der Waals surface area contributed by atoms with Gasteiger partial charge in [0.2, 0.25) is 0 Å². The average molecular weight is 170 g/mol. The third kappa shape index (κ3) is 2.09. The summed E-state index contributed by atoms with van der Waals surface area (Å²) < 4.78 is 0. The van der Waals surface area contributed by atoms with E-state index in [0.29, 0.717) is 11.7 Å². The zero-order valence-corrected chi connectivity index (χ0v) is 8.07. The zero-order valence-electron chi connectivity index (χ0n) is 7.26. The molecule has 0 aromatic carbocycles. The van der Waals surface area contributed by atoms with E-state index in [4.69, 9.17) is 0 Å². The van der Waals surface area contributed by atoms with E-state index in [1.54, 1.807) is 18.7 Å². The summed E-state index contributed by atoms with van der Waals surface area (Å²) in [7, 11) is 0. The Balaban J connectivity index is 2.68. The summed E-state index contributed by atoms with van der Waals surface area (Å²) in [5, 5.41) is 0.207. The molecule has 1 heterocycles. The van der Waals surface area contributed by atoms with Crippen molar-refractivity contribution >= 4 is 17.5 Å². The lowest BCUT2D eigenvalue weighted by Gasteiger charge is -2.23. The van der Waals surface area contributed by atoms with E-state index in [1.165, 1.54) is 5.57 Å². The van der Waals surface area contributed by atoms with Crippen molar-refractivity contribution < 1.29 is 4.79 Å². The van der Waals surface area contributed by atoms with Gasteiger partial charge in [0, 0.05) is 5.75 Å². The van der Waals surface area contributed by atoms with Gasteiger partial charge in [-0.25, -0.2) is 0 Å². The fourth-order valence-corrected chi connectivity index (χ4v) is 2.60. The molecule has 0 saturated carbocycles. The van der Waals surface area contributed by atoms with E-state index in [9.17, 15) is 4.79 Å². The third-order valence-corrected chi connectivity index (χ3v) is 3.66. The summed E-state index contributed by atoms with van der Waals surface area (Å²) in [6, 6.07) is 0. The lowest BCUT2D eigenvalue weighted by Crippen LogP contribution is -2.24. The second-order valence-electron chi connectivity index (χ2n) is 3.21. The molecule has 0 amide bonds. The molecular weight excluding hydrogens is 156 g/mol. The third-order valence-electron chi connectivity index (χ3n) is 1.92. The molecule has 11 heavy (non-hydrogen) atoms. The quantitative estimate of drug-likeness (QED) is 0.562. The van der Waals surface area contributed by atoms with Crippen LogP contribution in [0.25, 0.3) is 0 Å². The lowest BCUT2D eigenvalue weighted by molar-refractivity contribution is -0.117. The molecule has 2 heteroatoms. The van der Waals surface area contributed by atoms with E-state index in [2.05, 4.69) is 19.9 Å². The number of rotatable bonds is 1. The van der Waals surface area contributed by atoms with Crippen LogP contribution in [0, 0.1) is 5.92 Å². The summed E-state index contributed by atoms with van der Waals surface area (Å²) in [5.74, 6) is 1.76.